The molecule has 6 nitrogen and oxygen atoms in total. The normalized spacial score (nSPS) is 18.8. The van der Waals surface area contributed by atoms with Gasteiger partial charge >= 0.3 is 6.03 Å². The third kappa shape index (κ3) is 6.11. The third-order valence-corrected chi connectivity index (χ3v) is 2.47. The minimum Gasteiger partial charge on any atom is -0.379 e. The fourth-order valence-electron chi connectivity index (χ4n) is 1.53. The van der Waals surface area contributed by atoms with Crippen LogP contribution in [0.4, 0.5) is 4.79 Å². The molecule has 0 aromatic rings. The number of urea groups is 1. The first-order valence-corrected chi connectivity index (χ1v) is 6.11. The van der Waals surface area contributed by atoms with Crippen molar-refractivity contribution in [1.29, 1.82) is 0 Å². The SMILES string of the molecule is CCCNC(=O)CCNC(=O)NC1CCOC1. The molecule has 1 aliphatic rings. The lowest BCUT2D eigenvalue weighted by Gasteiger charge is -2.11. The maximum atomic E-state index is 11.4. The molecule has 0 saturated carbocycles. The van der Waals surface area contributed by atoms with E-state index >= 15 is 0 Å². The van der Waals surface area contributed by atoms with Gasteiger partial charge < -0.3 is 20.7 Å². The Hall–Kier alpha value is -1.30. The van der Waals surface area contributed by atoms with Gasteiger partial charge in [-0.05, 0) is 12.8 Å². The van der Waals surface area contributed by atoms with Crippen LogP contribution in [0.5, 0.6) is 0 Å². The molecule has 1 rings (SSSR count). The zero-order chi connectivity index (χ0) is 12.5. The number of carbonyl (C=O) groups is 2. The first-order chi connectivity index (χ1) is 8.22. The quantitative estimate of drug-likeness (QED) is 0.614. The van der Waals surface area contributed by atoms with E-state index in [4.69, 9.17) is 4.74 Å². The first-order valence-electron chi connectivity index (χ1n) is 6.11. The summed E-state index contributed by atoms with van der Waals surface area (Å²) in [6.07, 6.45) is 2.08. The van der Waals surface area contributed by atoms with Crippen LogP contribution in [0.2, 0.25) is 0 Å². The average Bonchev–Trinajstić information content (AvgIpc) is 2.79. The number of hydrogen-bond donors (Lipinski definition) is 3. The molecule has 0 radical (unpaired) electrons. The second-order valence-corrected chi connectivity index (χ2v) is 4.06. The second kappa shape index (κ2) is 7.89. The Kier molecular flexibility index (Phi) is 6.39. The van der Waals surface area contributed by atoms with Gasteiger partial charge in [-0.15, -0.1) is 0 Å². The van der Waals surface area contributed by atoms with E-state index in [-0.39, 0.29) is 18.0 Å². The largest absolute Gasteiger partial charge is 0.379 e. The summed E-state index contributed by atoms with van der Waals surface area (Å²) < 4.78 is 5.14. The van der Waals surface area contributed by atoms with Gasteiger partial charge in [0.2, 0.25) is 5.91 Å². The van der Waals surface area contributed by atoms with Crippen molar-refractivity contribution in [1.82, 2.24) is 16.0 Å². The fourth-order valence-corrected chi connectivity index (χ4v) is 1.53. The van der Waals surface area contributed by atoms with Crippen molar-refractivity contribution in [2.75, 3.05) is 26.3 Å². The van der Waals surface area contributed by atoms with Crippen molar-refractivity contribution in [3.05, 3.63) is 0 Å². The smallest absolute Gasteiger partial charge is 0.315 e. The van der Waals surface area contributed by atoms with Crippen LogP contribution < -0.4 is 16.0 Å². The molecular weight excluding hydrogens is 222 g/mol. The topological polar surface area (TPSA) is 79.5 Å². The van der Waals surface area contributed by atoms with E-state index in [9.17, 15) is 9.59 Å². The summed E-state index contributed by atoms with van der Waals surface area (Å²) >= 11 is 0. The highest BCUT2D eigenvalue weighted by molar-refractivity contribution is 5.78. The monoisotopic (exact) mass is 243 g/mol. The molecule has 0 aliphatic carbocycles. The van der Waals surface area contributed by atoms with E-state index in [0.717, 1.165) is 12.8 Å². The van der Waals surface area contributed by atoms with Crippen LogP contribution in [0.3, 0.4) is 0 Å². The van der Waals surface area contributed by atoms with Crippen molar-refractivity contribution in [2.24, 2.45) is 0 Å². The van der Waals surface area contributed by atoms with Gasteiger partial charge in [-0.25, -0.2) is 4.79 Å². The van der Waals surface area contributed by atoms with Crippen molar-refractivity contribution in [3.8, 4) is 0 Å². The lowest BCUT2D eigenvalue weighted by atomic mass is 10.3. The molecule has 0 bridgehead atoms. The Morgan fingerprint density at radius 1 is 1.29 bits per heavy atom. The highest BCUT2D eigenvalue weighted by Crippen LogP contribution is 2.02. The van der Waals surface area contributed by atoms with E-state index in [1.165, 1.54) is 0 Å². The van der Waals surface area contributed by atoms with Gasteiger partial charge in [-0.1, -0.05) is 6.92 Å². The zero-order valence-electron chi connectivity index (χ0n) is 10.3. The molecule has 17 heavy (non-hydrogen) atoms. The van der Waals surface area contributed by atoms with Crippen LogP contribution in [0.15, 0.2) is 0 Å². The maximum Gasteiger partial charge on any atom is 0.315 e. The minimum atomic E-state index is -0.233. The Labute approximate surface area is 101 Å². The summed E-state index contributed by atoms with van der Waals surface area (Å²) in [4.78, 5) is 22.6. The second-order valence-electron chi connectivity index (χ2n) is 4.06. The summed E-state index contributed by atoms with van der Waals surface area (Å²) in [5.41, 5.74) is 0. The number of amides is 3. The molecule has 0 aromatic heterocycles. The summed E-state index contributed by atoms with van der Waals surface area (Å²) in [5, 5.41) is 8.19. The van der Waals surface area contributed by atoms with Gasteiger partial charge in [-0.2, -0.15) is 0 Å². The molecule has 98 valence electrons. The molecule has 1 fully saturated rings. The van der Waals surface area contributed by atoms with E-state index < -0.39 is 0 Å². The van der Waals surface area contributed by atoms with Gasteiger partial charge in [0, 0.05) is 26.1 Å². The molecular formula is C11H21N3O3. The van der Waals surface area contributed by atoms with Crippen LogP contribution in [0, 0.1) is 0 Å². The van der Waals surface area contributed by atoms with Crippen molar-refractivity contribution >= 4 is 11.9 Å². The number of rotatable bonds is 6. The summed E-state index contributed by atoms with van der Waals surface area (Å²) in [6, 6.07) is -0.132. The molecule has 6 heteroatoms. The molecule has 0 aromatic carbocycles. The third-order valence-electron chi connectivity index (χ3n) is 2.47. The Morgan fingerprint density at radius 2 is 2.12 bits per heavy atom. The lowest BCUT2D eigenvalue weighted by molar-refractivity contribution is -0.120. The molecule has 1 unspecified atom stereocenters. The molecule has 3 N–H and O–H groups in total. The van der Waals surface area contributed by atoms with Crippen molar-refractivity contribution in [2.45, 2.75) is 32.2 Å². The summed E-state index contributed by atoms with van der Waals surface area (Å²) in [6.45, 7) is 4.31. The number of nitrogens with one attached hydrogen (secondary N) is 3. The Morgan fingerprint density at radius 3 is 2.76 bits per heavy atom. The molecule has 1 saturated heterocycles. The van der Waals surface area contributed by atoms with E-state index in [1.807, 2.05) is 6.92 Å². The fraction of sp³-hybridized carbons (Fsp3) is 0.818. The summed E-state index contributed by atoms with van der Waals surface area (Å²) in [7, 11) is 0. The van der Waals surface area contributed by atoms with E-state index in [2.05, 4.69) is 16.0 Å². The highest BCUT2D eigenvalue weighted by Gasteiger charge is 2.17. The van der Waals surface area contributed by atoms with Crippen LogP contribution in [0.1, 0.15) is 26.2 Å². The molecule has 1 heterocycles. The maximum absolute atomic E-state index is 11.4. The molecule has 0 spiro atoms. The Bertz CT molecular complexity index is 252. The van der Waals surface area contributed by atoms with Crippen LogP contribution in [0.25, 0.3) is 0 Å². The van der Waals surface area contributed by atoms with Crippen molar-refractivity contribution < 1.29 is 14.3 Å². The van der Waals surface area contributed by atoms with Crippen molar-refractivity contribution in [3.63, 3.8) is 0 Å². The van der Waals surface area contributed by atoms with Gasteiger partial charge in [0.1, 0.15) is 0 Å². The average molecular weight is 243 g/mol. The first kappa shape index (κ1) is 13.8. The molecule has 1 atom stereocenters. The lowest BCUT2D eigenvalue weighted by Crippen LogP contribution is -2.43. The zero-order valence-corrected chi connectivity index (χ0v) is 10.3. The van der Waals surface area contributed by atoms with Gasteiger partial charge in [0.25, 0.3) is 0 Å². The van der Waals surface area contributed by atoms with Crippen LogP contribution >= 0.6 is 0 Å². The number of carbonyl (C=O) groups excluding carboxylic acids is 2. The van der Waals surface area contributed by atoms with Gasteiger partial charge in [0.05, 0.1) is 12.6 Å². The van der Waals surface area contributed by atoms with Gasteiger partial charge in [-0.3, -0.25) is 4.79 Å². The highest BCUT2D eigenvalue weighted by atomic mass is 16.5. The summed E-state index contributed by atoms with van der Waals surface area (Å²) in [5.74, 6) is -0.0312. The predicted molar refractivity (Wildman–Crippen MR) is 63.7 cm³/mol. The molecule has 3 amide bonds. The predicted octanol–water partition coefficient (Wildman–Crippen LogP) is -0.00920. The molecule has 1 aliphatic heterocycles. The number of hydrogen-bond acceptors (Lipinski definition) is 3. The van der Waals surface area contributed by atoms with E-state index in [1.54, 1.807) is 0 Å². The number of ether oxygens (including phenoxy) is 1. The van der Waals surface area contributed by atoms with Crippen LogP contribution in [-0.4, -0.2) is 44.3 Å². The van der Waals surface area contributed by atoms with E-state index in [0.29, 0.717) is 32.7 Å². The standard InChI is InChI=1S/C11H21N3O3/c1-2-5-12-10(15)3-6-13-11(16)14-9-4-7-17-8-9/h9H,2-8H2,1H3,(H,12,15)(H2,13,14,16). The van der Waals surface area contributed by atoms with Gasteiger partial charge in [0.15, 0.2) is 0 Å². The van der Waals surface area contributed by atoms with Crippen LogP contribution in [-0.2, 0) is 9.53 Å². The Balaban J connectivity index is 2.01. The minimum absolute atomic E-state index is 0.0312.